The molecule has 0 bridgehead atoms. The van der Waals surface area contributed by atoms with Crippen molar-refractivity contribution in [2.75, 3.05) is 26.4 Å². The predicted octanol–water partition coefficient (Wildman–Crippen LogP) is 9.61. The van der Waals surface area contributed by atoms with Crippen LogP contribution in [0, 0.1) is 35.5 Å². The summed E-state index contributed by atoms with van der Waals surface area (Å²) in [5.41, 5.74) is 0. The number of hydrogen-bond acceptors (Lipinski definition) is 3. The molecule has 0 aliphatic rings. The van der Waals surface area contributed by atoms with Gasteiger partial charge in [-0.05, 0) is 48.3 Å². The van der Waals surface area contributed by atoms with E-state index in [4.69, 9.17) is 9.47 Å². The van der Waals surface area contributed by atoms with Crippen molar-refractivity contribution in [3.05, 3.63) is 0 Å². The molecule has 0 radical (unpaired) electrons. The fourth-order valence-corrected chi connectivity index (χ4v) is 2.26. The van der Waals surface area contributed by atoms with Crippen LogP contribution in [0.1, 0.15) is 126 Å². The maximum absolute atomic E-state index is 9.39. The third-order valence-corrected chi connectivity index (χ3v) is 3.29. The first-order valence-corrected chi connectivity index (χ1v) is 11.6. The quantitative estimate of drug-likeness (QED) is 0.310. The highest BCUT2D eigenvalue weighted by Gasteiger charge is 2.08. The molecule has 3 nitrogen and oxygen atoms in total. The molecule has 206 valence electrons. The molecule has 0 spiro atoms. The monoisotopic (exact) mass is 469 g/mol. The van der Waals surface area contributed by atoms with Crippen molar-refractivity contribution in [1.82, 2.24) is 0 Å². The van der Waals surface area contributed by atoms with Gasteiger partial charge in [0.25, 0.3) is 0 Å². The van der Waals surface area contributed by atoms with Gasteiger partial charge >= 0.3 is 0 Å². The molecule has 1 N–H and O–H groups in total. The SMILES string of the molecule is C.C.C.C.CC(C)CC(O)CC(C)C.CC(C)COCC(C)C.CC(C)COCC(C)C. The van der Waals surface area contributed by atoms with Crippen LogP contribution in [0.3, 0.4) is 0 Å². The Kier molecular flexibility index (Phi) is 50.7. The normalized spacial score (nSPS) is 10.1. The topological polar surface area (TPSA) is 38.7 Å². The number of aliphatic hydroxyl groups excluding tert-OH is 1. The summed E-state index contributed by atoms with van der Waals surface area (Å²) in [6.07, 6.45) is 1.80. The Morgan fingerprint density at radius 2 is 0.594 bits per heavy atom. The highest BCUT2D eigenvalue weighted by atomic mass is 16.5. The lowest BCUT2D eigenvalue weighted by Crippen LogP contribution is -2.12. The van der Waals surface area contributed by atoms with Crippen molar-refractivity contribution in [1.29, 1.82) is 0 Å². The Hall–Kier alpha value is -0.120. The second kappa shape index (κ2) is 33.1. The molecule has 32 heavy (non-hydrogen) atoms. The van der Waals surface area contributed by atoms with Gasteiger partial charge in [0.1, 0.15) is 0 Å². The Morgan fingerprint density at radius 1 is 0.406 bits per heavy atom. The van der Waals surface area contributed by atoms with Gasteiger partial charge in [-0.3, -0.25) is 0 Å². The third-order valence-electron chi connectivity index (χ3n) is 3.29. The molecule has 3 heteroatoms. The molecular formula is C29H72O3. The number of rotatable bonds is 12. The Balaban J connectivity index is -0.0000000552. The fourth-order valence-electron chi connectivity index (χ4n) is 2.26. The van der Waals surface area contributed by atoms with Crippen LogP contribution >= 0.6 is 0 Å². The lowest BCUT2D eigenvalue weighted by atomic mass is 9.98. The molecule has 0 aromatic heterocycles. The third kappa shape index (κ3) is 63.1. The van der Waals surface area contributed by atoms with Crippen LogP contribution in [-0.4, -0.2) is 37.6 Å². The van der Waals surface area contributed by atoms with Crippen molar-refractivity contribution in [3.63, 3.8) is 0 Å². The van der Waals surface area contributed by atoms with Crippen LogP contribution in [-0.2, 0) is 9.47 Å². The summed E-state index contributed by atoms with van der Waals surface area (Å²) in [5, 5.41) is 9.39. The van der Waals surface area contributed by atoms with Crippen LogP contribution in [0.2, 0.25) is 0 Å². The summed E-state index contributed by atoms with van der Waals surface area (Å²) >= 11 is 0. The van der Waals surface area contributed by atoms with Gasteiger partial charge in [-0.15, -0.1) is 0 Å². The van der Waals surface area contributed by atoms with E-state index >= 15 is 0 Å². The van der Waals surface area contributed by atoms with Crippen LogP contribution in [0.5, 0.6) is 0 Å². The van der Waals surface area contributed by atoms with Gasteiger partial charge in [-0.1, -0.05) is 113 Å². The zero-order chi connectivity index (χ0) is 22.7. The molecule has 0 aliphatic heterocycles. The largest absolute Gasteiger partial charge is 0.393 e. The summed E-state index contributed by atoms with van der Waals surface area (Å²) in [4.78, 5) is 0. The van der Waals surface area contributed by atoms with E-state index in [0.717, 1.165) is 39.3 Å². The highest BCUT2D eigenvalue weighted by Crippen LogP contribution is 2.12. The van der Waals surface area contributed by atoms with E-state index in [1.54, 1.807) is 0 Å². The second-order valence-electron chi connectivity index (χ2n) is 10.6. The lowest BCUT2D eigenvalue weighted by Gasteiger charge is -2.14. The molecule has 0 amide bonds. The first kappa shape index (κ1) is 49.1. The Labute approximate surface area is 208 Å². The van der Waals surface area contributed by atoms with Gasteiger partial charge in [0.2, 0.25) is 0 Å². The first-order chi connectivity index (χ1) is 12.8. The minimum absolute atomic E-state index is 0. The van der Waals surface area contributed by atoms with E-state index in [9.17, 15) is 5.11 Å². The zero-order valence-electron chi connectivity index (χ0n) is 21.5. The van der Waals surface area contributed by atoms with E-state index < -0.39 is 0 Å². The first-order valence-electron chi connectivity index (χ1n) is 11.6. The van der Waals surface area contributed by atoms with Crippen LogP contribution in [0.4, 0.5) is 0 Å². The Morgan fingerprint density at radius 3 is 0.719 bits per heavy atom. The average Bonchev–Trinajstić information content (AvgIpc) is 2.44. The van der Waals surface area contributed by atoms with Gasteiger partial charge in [0, 0.05) is 26.4 Å². The van der Waals surface area contributed by atoms with Gasteiger partial charge in [0.05, 0.1) is 6.10 Å². The van der Waals surface area contributed by atoms with E-state index in [-0.39, 0.29) is 35.8 Å². The summed E-state index contributed by atoms with van der Waals surface area (Å²) in [6.45, 7) is 29.5. The van der Waals surface area contributed by atoms with E-state index in [0.29, 0.717) is 35.5 Å². The molecule has 0 unspecified atom stereocenters. The number of hydrogen-bond donors (Lipinski definition) is 1. The summed E-state index contributed by atoms with van der Waals surface area (Å²) < 4.78 is 10.7. The molecular weight excluding hydrogens is 396 g/mol. The molecule has 0 heterocycles. The lowest BCUT2D eigenvalue weighted by molar-refractivity contribution is 0.0886. The van der Waals surface area contributed by atoms with Crippen molar-refractivity contribution in [2.24, 2.45) is 35.5 Å². The van der Waals surface area contributed by atoms with Gasteiger partial charge in [-0.2, -0.15) is 0 Å². The summed E-state index contributed by atoms with van der Waals surface area (Å²) in [7, 11) is 0. The molecule has 0 rings (SSSR count). The predicted molar refractivity (Wildman–Crippen MR) is 153 cm³/mol. The van der Waals surface area contributed by atoms with Crippen LogP contribution in [0.15, 0.2) is 0 Å². The minimum atomic E-state index is -0.0833. The summed E-state index contributed by atoms with van der Waals surface area (Å²) in [5.74, 6) is 3.92. The van der Waals surface area contributed by atoms with Crippen molar-refractivity contribution >= 4 is 0 Å². The number of aliphatic hydroxyl groups is 1. The molecule has 0 atom stereocenters. The van der Waals surface area contributed by atoms with Gasteiger partial charge in [-0.25, -0.2) is 0 Å². The van der Waals surface area contributed by atoms with Gasteiger partial charge < -0.3 is 14.6 Å². The standard InChI is InChI=1S/C9H20O.2C8H18O.4CH4/c1-7(2)5-9(10)6-8(3)4;2*1-7(2)5-9-6-8(3)4;;;;/h7-10H,5-6H2,1-4H3;2*7-8H,5-6H2,1-4H3;4*1H4. The highest BCUT2D eigenvalue weighted by molar-refractivity contribution is 4.60. The van der Waals surface area contributed by atoms with Crippen LogP contribution in [0.25, 0.3) is 0 Å². The fraction of sp³-hybridized carbons (Fsp3) is 1.00. The van der Waals surface area contributed by atoms with E-state index in [1.165, 1.54) is 0 Å². The van der Waals surface area contributed by atoms with Gasteiger partial charge in [0.15, 0.2) is 0 Å². The molecule has 0 aliphatic carbocycles. The van der Waals surface area contributed by atoms with Crippen molar-refractivity contribution in [2.45, 2.75) is 132 Å². The van der Waals surface area contributed by atoms with E-state index in [2.05, 4.69) is 83.1 Å². The van der Waals surface area contributed by atoms with Crippen molar-refractivity contribution in [3.8, 4) is 0 Å². The van der Waals surface area contributed by atoms with Crippen molar-refractivity contribution < 1.29 is 14.6 Å². The maximum Gasteiger partial charge on any atom is 0.0545 e. The smallest absolute Gasteiger partial charge is 0.0545 e. The zero-order valence-corrected chi connectivity index (χ0v) is 21.5. The molecule has 0 aromatic carbocycles. The second-order valence-corrected chi connectivity index (χ2v) is 10.6. The molecule has 0 saturated heterocycles. The molecule has 0 fully saturated rings. The van der Waals surface area contributed by atoms with E-state index in [1.807, 2.05) is 0 Å². The minimum Gasteiger partial charge on any atom is -0.393 e. The molecule has 0 aromatic rings. The molecule has 0 saturated carbocycles. The van der Waals surface area contributed by atoms with Crippen LogP contribution < -0.4 is 0 Å². The maximum atomic E-state index is 9.39. The number of ether oxygens (including phenoxy) is 2. The Bertz CT molecular complexity index is 240. The summed E-state index contributed by atoms with van der Waals surface area (Å²) in [6, 6.07) is 0. The average molecular weight is 469 g/mol.